The summed E-state index contributed by atoms with van der Waals surface area (Å²) in [6, 6.07) is 21.7. The summed E-state index contributed by atoms with van der Waals surface area (Å²) in [5, 5.41) is 0.516. The molecule has 0 aliphatic heterocycles. The second-order valence-corrected chi connectivity index (χ2v) is 9.27. The minimum atomic E-state index is -3.79. The lowest BCUT2D eigenvalue weighted by Gasteiger charge is -2.27. The van der Waals surface area contributed by atoms with Crippen molar-refractivity contribution in [2.24, 2.45) is 0 Å². The van der Waals surface area contributed by atoms with Crippen molar-refractivity contribution in [2.75, 3.05) is 10.8 Å². The zero-order chi connectivity index (χ0) is 21.7. The first-order valence-electron chi connectivity index (χ1n) is 9.59. The molecule has 0 unspecified atom stereocenters. The lowest BCUT2D eigenvalue weighted by Crippen LogP contribution is -2.32. The van der Waals surface area contributed by atoms with E-state index in [-0.39, 0.29) is 11.4 Å². The molecule has 0 fully saturated rings. The standard InChI is InChI=1S/C25H24ClNO2S/c1-4-5-17-27(30(28,29)23-14-11-19(2)12-15-23)25-16-13-22(26)18-24(25)20(3)21-9-7-6-8-10-21/h4,6-16,18H,1,3,5,17H2,2H3. The first-order valence-corrected chi connectivity index (χ1v) is 11.4. The minimum Gasteiger partial charge on any atom is -0.265 e. The molecule has 3 aromatic carbocycles. The van der Waals surface area contributed by atoms with Gasteiger partial charge in [-0.1, -0.05) is 72.3 Å². The van der Waals surface area contributed by atoms with Gasteiger partial charge in [0, 0.05) is 17.1 Å². The van der Waals surface area contributed by atoms with E-state index in [0.717, 1.165) is 11.1 Å². The van der Waals surface area contributed by atoms with Crippen LogP contribution in [0.3, 0.4) is 0 Å². The minimum absolute atomic E-state index is 0.239. The van der Waals surface area contributed by atoms with Gasteiger partial charge in [0.25, 0.3) is 10.0 Å². The summed E-state index contributed by atoms with van der Waals surface area (Å²) in [6.45, 7) is 10.2. The van der Waals surface area contributed by atoms with Crippen molar-refractivity contribution < 1.29 is 8.42 Å². The summed E-state index contributed by atoms with van der Waals surface area (Å²) in [5.41, 5.74) is 3.81. The number of benzene rings is 3. The maximum Gasteiger partial charge on any atom is 0.264 e. The summed E-state index contributed by atoms with van der Waals surface area (Å²) < 4.78 is 28.6. The number of sulfonamides is 1. The lowest BCUT2D eigenvalue weighted by molar-refractivity contribution is 0.591. The Morgan fingerprint density at radius 1 is 1.03 bits per heavy atom. The summed E-state index contributed by atoms with van der Waals surface area (Å²) in [5.74, 6) is 0. The molecular formula is C25H24ClNO2S. The van der Waals surface area contributed by atoms with Crippen LogP contribution in [0.5, 0.6) is 0 Å². The molecule has 0 spiro atoms. The summed E-state index contributed by atoms with van der Waals surface area (Å²) in [7, 11) is -3.79. The highest BCUT2D eigenvalue weighted by atomic mass is 35.5. The number of hydrogen-bond donors (Lipinski definition) is 0. The smallest absolute Gasteiger partial charge is 0.264 e. The van der Waals surface area contributed by atoms with Crippen molar-refractivity contribution in [3.05, 3.63) is 114 Å². The molecule has 0 saturated heterocycles. The molecule has 0 N–H and O–H groups in total. The molecule has 0 aromatic heterocycles. The molecule has 0 aliphatic carbocycles. The lowest BCUT2D eigenvalue weighted by atomic mass is 9.98. The van der Waals surface area contributed by atoms with Crippen molar-refractivity contribution >= 4 is 32.9 Å². The Balaban J connectivity index is 2.16. The van der Waals surface area contributed by atoms with Gasteiger partial charge in [0.1, 0.15) is 0 Å². The summed E-state index contributed by atoms with van der Waals surface area (Å²) in [4.78, 5) is 0.239. The predicted octanol–water partition coefficient (Wildman–Crippen LogP) is 6.48. The zero-order valence-corrected chi connectivity index (χ0v) is 18.5. The normalized spacial score (nSPS) is 11.1. The van der Waals surface area contributed by atoms with Crippen LogP contribution in [0.4, 0.5) is 5.69 Å². The Labute approximate surface area is 184 Å². The second kappa shape index (κ2) is 9.33. The van der Waals surface area contributed by atoms with E-state index in [2.05, 4.69) is 13.2 Å². The fraction of sp³-hybridized carbons (Fsp3) is 0.120. The highest BCUT2D eigenvalue weighted by Gasteiger charge is 2.27. The van der Waals surface area contributed by atoms with Gasteiger partial charge in [-0.15, -0.1) is 6.58 Å². The summed E-state index contributed by atoms with van der Waals surface area (Å²) in [6.07, 6.45) is 2.21. The average molecular weight is 438 g/mol. The van der Waals surface area contributed by atoms with Gasteiger partial charge >= 0.3 is 0 Å². The van der Waals surface area contributed by atoms with Crippen LogP contribution in [0.2, 0.25) is 5.02 Å². The number of anilines is 1. The third-order valence-electron chi connectivity index (χ3n) is 4.82. The van der Waals surface area contributed by atoms with Crippen molar-refractivity contribution in [1.82, 2.24) is 0 Å². The van der Waals surface area contributed by atoms with E-state index in [9.17, 15) is 8.42 Å². The summed E-state index contributed by atoms with van der Waals surface area (Å²) >= 11 is 6.28. The van der Waals surface area contributed by atoms with E-state index in [1.54, 1.807) is 48.5 Å². The van der Waals surface area contributed by atoms with Crippen molar-refractivity contribution in [2.45, 2.75) is 18.2 Å². The van der Waals surface area contributed by atoms with Gasteiger partial charge < -0.3 is 0 Å². The van der Waals surface area contributed by atoms with Crippen molar-refractivity contribution in [3.63, 3.8) is 0 Å². The molecule has 3 nitrogen and oxygen atoms in total. The Morgan fingerprint density at radius 3 is 2.33 bits per heavy atom. The van der Waals surface area contributed by atoms with Crippen LogP contribution in [0, 0.1) is 6.92 Å². The molecule has 0 amide bonds. The van der Waals surface area contributed by atoms with Crippen LogP contribution in [-0.2, 0) is 10.0 Å². The number of rotatable bonds is 8. The van der Waals surface area contributed by atoms with E-state index in [1.807, 2.05) is 37.3 Å². The SMILES string of the molecule is C=CCCN(c1ccc(Cl)cc1C(=C)c1ccccc1)S(=O)(=O)c1ccc(C)cc1. The highest BCUT2D eigenvalue weighted by Crippen LogP contribution is 2.35. The maximum absolute atomic E-state index is 13.6. The molecule has 5 heteroatoms. The molecule has 0 heterocycles. The molecule has 0 bridgehead atoms. The average Bonchev–Trinajstić information content (AvgIpc) is 2.75. The topological polar surface area (TPSA) is 37.4 Å². The van der Waals surface area contributed by atoms with Gasteiger partial charge in [-0.2, -0.15) is 0 Å². The Morgan fingerprint density at radius 2 is 1.70 bits per heavy atom. The van der Waals surface area contributed by atoms with Crippen LogP contribution in [-0.4, -0.2) is 15.0 Å². The highest BCUT2D eigenvalue weighted by molar-refractivity contribution is 7.92. The number of aryl methyl sites for hydroxylation is 1. The molecule has 0 aliphatic rings. The van der Waals surface area contributed by atoms with Crippen LogP contribution >= 0.6 is 11.6 Å². The number of nitrogens with zero attached hydrogens (tertiary/aromatic N) is 1. The number of halogens is 1. The van der Waals surface area contributed by atoms with E-state index in [0.29, 0.717) is 28.3 Å². The zero-order valence-electron chi connectivity index (χ0n) is 16.9. The molecule has 154 valence electrons. The van der Waals surface area contributed by atoms with Crippen LogP contribution in [0.25, 0.3) is 5.57 Å². The third-order valence-corrected chi connectivity index (χ3v) is 6.88. The van der Waals surface area contributed by atoms with Gasteiger partial charge in [0.2, 0.25) is 0 Å². The Hall–Kier alpha value is -2.82. The van der Waals surface area contributed by atoms with Crippen LogP contribution in [0.1, 0.15) is 23.1 Å². The monoisotopic (exact) mass is 437 g/mol. The Bertz CT molecular complexity index is 1150. The third kappa shape index (κ3) is 4.66. The van der Waals surface area contributed by atoms with Gasteiger partial charge in [0.05, 0.1) is 10.6 Å². The van der Waals surface area contributed by atoms with E-state index < -0.39 is 10.0 Å². The van der Waals surface area contributed by atoms with Crippen LogP contribution < -0.4 is 4.31 Å². The number of hydrogen-bond acceptors (Lipinski definition) is 2. The molecule has 30 heavy (non-hydrogen) atoms. The van der Waals surface area contributed by atoms with E-state index >= 15 is 0 Å². The van der Waals surface area contributed by atoms with E-state index in [4.69, 9.17) is 11.6 Å². The maximum atomic E-state index is 13.6. The largest absolute Gasteiger partial charge is 0.265 e. The van der Waals surface area contributed by atoms with Gasteiger partial charge in [0.15, 0.2) is 0 Å². The Kier molecular flexibility index (Phi) is 6.80. The fourth-order valence-corrected chi connectivity index (χ4v) is 4.85. The molecule has 3 rings (SSSR count). The van der Waals surface area contributed by atoms with Crippen LogP contribution in [0.15, 0.2) is 96.9 Å². The first kappa shape index (κ1) is 21.9. The fourth-order valence-electron chi connectivity index (χ4n) is 3.18. The predicted molar refractivity (Wildman–Crippen MR) is 127 cm³/mol. The second-order valence-electron chi connectivity index (χ2n) is 6.97. The van der Waals surface area contributed by atoms with Crippen molar-refractivity contribution in [1.29, 1.82) is 0 Å². The van der Waals surface area contributed by atoms with Crippen molar-refractivity contribution in [3.8, 4) is 0 Å². The quantitative estimate of drug-likeness (QED) is 0.378. The first-order chi connectivity index (χ1) is 14.3. The molecule has 0 radical (unpaired) electrons. The molecule has 0 atom stereocenters. The molecule has 3 aromatic rings. The molecule has 0 saturated carbocycles. The van der Waals surface area contributed by atoms with Gasteiger partial charge in [-0.05, 0) is 54.8 Å². The molecular weight excluding hydrogens is 414 g/mol. The van der Waals surface area contributed by atoms with Gasteiger partial charge in [-0.3, -0.25) is 4.31 Å². The van der Waals surface area contributed by atoms with Gasteiger partial charge in [-0.25, -0.2) is 8.42 Å². The van der Waals surface area contributed by atoms with E-state index in [1.165, 1.54) is 4.31 Å².